The van der Waals surface area contributed by atoms with Crippen molar-refractivity contribution in [3.63, 3.8) is 0 Å². The van der Waals surface area contributed by atoms with Gasteiger partial charge < -0.3 is 5.32 Å². The molecule has 2 atom stereocenters. The van der Waals surface area contributed by atoms with Gasteiger partial charge in [0.25, 0.3) is 0 Å². The lowest BCUT2D eigenvalue weighted by molar-refractivity contribution is -0.137. The minimum Gasteiger partial charge on any atom is -0.353 e. The van der Waals surface area contributed by atoms with Crippen LogP contribution in [0, 0.1) is 5.92 Å². The summed E-state index contributed by atoms with van der Waals surface area (Å²) in [4.78, 5) is 12.3. The van der Waals surface area contributed by atoms with Gasteiger partial charge in [0.15, 0.2) is 0 Å². The van der Waals surface area contributed by atoms with E-state index in [4.69, 9.17) is 0 Å². The van der Waals surface area contributed by atoms with Gasteiger partial charge >= 0.3 is 6.18 Å². The molecule has 0 heterocycles. The summed E-state index contributed by atoms with van der Waals surface area (Å²) in [6.07, 6.45) is 3.33. The third-order valence-electron chi connectivity index (χ3n) is 4.99. The summed E-state index contributed by atoms with van der Waals surface area (Å²) >= 11 is 0. The van der Waals surface area contributed by atoms with Crippen LogP contribution in [0.5, 0.6) is 0 Å². The first-order valence-electron chi connectivity index (χ1n) is 8.42. The van der Waals surface area contributed by atoms with E-state index in [1.54, 1.807) is 0 Å². The summed E-state index contributed by atoms with van der Waals surface area (Å²) in [5.41, 5.74) is 0.195. The number of hydrogen-bond donors (Lipinski definition) is 1. The summed E-state index contributed by atoms with van der Waals surface area (Å²) < 4.78 is 37.7. The predicted octanol–water partition coefficient (Wildman–Crippen LogP) is 4.65. The van der Waals surface area contributed by atoms with E-state index in [-0.39, 0.29) is 23.8 Å². The third kappa shape index (κ3) is 4.06. The van der Waals surface area contributed by atoms with Crippen molar-refractivity contribution < 1.29 is 18.0 Å². The smallest absolute Gasteiger partial charge is 0.353 e. The molecule has 0 saturated heterocycles. The lowest BCUT2D eigenvalue weighted by atomic mass is 10.1. The van der Waals surface area contributed by atoms with Crippen LogP contribution in [-0.2, 0) is 11.0 Å². The number of amides is 1. The van der Waals surface area contributed by atoms with Crippen molar-refractivity contribution in [1.29, 1.82) is 0 Å². The van der Waals surface area contributed by atoms with Crippen LogP contribution in [0.2, 0.25) is 0 Å². The molecule has 126 valence electrons. The van der Waals surface area contributed by atoms with Gasteiger partial charge in [0, 0.05) is 12.0 Å². The average Bonchev–Trinajstić information content (AvgIpc) is 3.31. The van der Waals surface area contributed by atoms with Gasteiger partial charge in [-0.15, -0.1) is 0 Å². The highest BCUT2D eigenvalue weighted by Crippen LogP contribution is 2.48. The number of nitrogens with one attached hydrogen (secondary N) is 1. The maximum Gasteiger partial charge on any atom is 0.416 e. The van der Waals surface area contributed by atoms with Crippen molar-refractivity contribution in [2.75, 3.05) is 0 Å². The van der Waals surface area contributed by atoms with Crippen LogP contribution < -0.4 is 5.32 Å². The first-order chi connectivity index (χ1) is 10.9. The molecule has 1 N–H and O–H groups in total. The van der Waals surface area contributed by atoms with Gasteiger partial charge in [0.2, 0.25) is 5.91 Å². The molecule has 5 heteroatoms. The van der Waals surface area contributed by atoms with Crippen LogP contribution in [0.1, 0.15) is 62.0 Å². The van der Waals surface area contributed by atoms with Gasteiger partial charge in [-0.25, -0.2) is 0 Å². The highest BCUT2D eigenvalue weighted by atomic mass is 19.4. The largest absolute Gasteiger partial charge is 0.416 e. The van der Waals surface area contributed by atoms with Crippen molar-refractivity contribution in [3.8, 4) is 0 Å². The van der Waals surface area contributed by atoms with Crippen LogP contribution in [0.4, 0.5) is 13.2 Å². The molecule has 23 heavy (non-hydrogen) atoms. The SMILES string of the molecule is O=C(NC1CCCCCC1)C1CC1c1ccc(C(F)(F)F)cc1. The number of hydrogen-bond acceptors (Lipinski definition) is 1. The Hall–Kier alpha value is -1.52. The van der Waals surface area contributed by atoms with Crippen LogP contribution >= 0.6 is 0 Å². The van der Waals surface area contributed by atoms with Crippen molar-refractivity contribution in [1.82, 2.24) is 5.32 Å². The summed E-state index contributed by atoms with van der Waals surface area (Å²) in [5, 5.41) is 3.14. The molecule has 0 aliphatic heterocycles. The van der Waals surface area contributed by atoms with E-state index in [1.165, 1.54) is 25.0 Å². The molecule has 2 nitrogen and oxygen atoms in total. The highest BCUT2D eigenvalue weighted by molar-refractivity contribution is 5.83. The molecule has 2 aliphatic rings. The molecule has 1 amide bonds. The molecule has 1 aromatic rings. The highest BCUT2D eigenvalue weighted by Gasteiger charge is 2.44. The second-order valence-electron chi connectivity index (χ2n) is 6.77. The van der Waals surface area contributed by atoms with Gasteiger partial charge in [-0.3, -0.25) is 4.79 Å². The molecule has 3 rings (SSSR count). The number of carbonyl (C=O) groups is 1. The van der Waals surface area contributed by atoms with E-state index in [1.807, 2.05) is 0 Å². The molecule has 0 aromatic heterocycles. The summed E-state index contributed by atoms with van der Waals surface area (Å²) in [6, 6.07) is 5.50. The Kier molecular flexibility index (Phi) is 4.64. The first kappa shape index (κ1) is 16.3. The summed E-state index contributed by atoms with van der Waals surface area (Å²) in [7, 11) is 0. The number of alkyl halides is 3. The minimum atomic E-state index is -4.31. The topological polar surface area (TPSA) is 29.1 Å². The standard InChI is InChI=1S/C18H22F3NO/c19-18(20,21)13-9-7-12(8-10-13)15-11-16(15)17(23)22-14-5-3-1-2-4-6-14/h7-10,14-16H,1-6,11H2,(H,22,23). The Morgan fingerprint density at radius 2 is 1.61 bits per heavy atom. The maximum atomic E-state index is 12.6. The fourth-order valence-corrected chi connectivity index (χ4v) is 3.50. The first-order valence-corrected chi connectivity index (χ1v) is 8.42. The average molecular weight is 325 g/mol. The Bertz CT molecular complexity index is 544. The van der Waals surface area contributed by atoms with Crippen molar-refractivity contribution in [2.24, 2.45) is 5.92 Å². The molecule has 1 aromatic carbocycles. The Labute approximate surface area is 134 Å². The molecule has 0 bridgehead atoms. The number of carbonyl (C=O) groups excluding carboxylic acids is 1. The fourth-order valence-electron chi connectivity index (χ4n) is 3.50. The quantitative estimate of drug-likeness (QED) is 0.805. The molecule has 0 radical (unpaired) electrons. The van der Waals surface area contributed by atoms with Crippen molar-refractivity contribution in [2.45, 2.75) is 63.1 Å². The van der Waals surface area contributed by atoms with Crippen molar-refractivity contribution >= 4 is 5.91 Å². The monoisotopic (exact) mass is 325 g/mol. The lowest BCUT2D eigenvalue weighted by Crippen LogP contribution is -2.35. The van der Waals surface area contributed by atoms with Gasteiger partial charge in [-0.05, 0) is 42.9 Å². The van der Waals surface area contributed by atoms with Crippen molar-refractivity contribution in [3.05, 3.63) is 35.4 Å². The fraction of sp³-hybridized carbons (Fsp3) is 0.611. The van der Waals surface area contributed by atoms with Crippen LogP contribution in [-0.4, -0.2) is 11.9 Å². The predicted molar refractivity (Wildman–Crippen MR) is 81.9 cm³/mol. The Morgan fingerprint density at radius 3 is 2.17 bits per heavy atom. The lowest BCUT2D eigenvalue weighted by Gasteiger charge is -2.16. The van der Waals surface area contributed by atoms with Crippen LogP contribution in [0.15, 0.2) is 24.3 Å². The Balaban J connectivity index is 1.55. The van der Waals surface area contributed by atoms with Gasteiger partial charge in [-0.1, -0.05) is 37.8 Å². The maximum absolute atomic E-state index is 12.6. The van der Waals surface area contributed by atoms with Crippen LogP contribution in [0.3, 0.4) is 0 Å². The minimum absolute atomic E-state index is 0.0711. The normalized spacial score (nSPS) is 25.7. The summed E-state index contributed by atoms with van der Waals surface area (Å²) in [5.74, 6) is 0.0693. The number of benzene rings is 1. The van der Waals surface area contributed by atoms with E-state index in [0.29, 0.717) is 0 Å². The zero-order chi connectivity index (χ0) is 16.4. The number of rotatable bonds is 3. The molecule has 0 spiro atoms. The third-order valence-corrected chi connectivity index (χ3v) is 4.99. The van der Waals surface area contributed by atoms with Gasteiger partial charge in [0.05, 0.1) is 5.56 Å². The van der Waals surface area contributed by atoms with E-state index < -0.39 is 11.7 Å². The zero-order valence-electron chi connectivity index (χ0n) is 13.0. The van der Waals surface area contributed by atoms with E-state index in [9.17, 15) is 18.0 Å². The second-order valence-corrected chi connectivity index (χ2v) is 6.77. The van der Waals surface area contributed by atoms with Gasteiger partial charge in [0.1, 0.15) is 0 Å². The molecular weight excluding hydrogens is 303 g/mol. The summed E-state index contributed by atoms with van der Waals surface area (Å²) in [6.45, 7) is 0. The van der Waals surface area contributed by atoms with E-state index in [2.05, 4.69) is 5.32 Å². The van der Waals surface area contributed by atoms with Gasteiger partial charge in [-0.2, -0.15) is 13.2 Å². The Morgan fingerprint density at radius 1 is 1.00 bits per heavy atom. The van der Waals surface area contributed by atoms with E-state index >= 15 is 0 Å². The second kappa shape index (κ2) is 6.54. The molecule has 2 unspecified atom stereocenters. The molecule has 2 fully saturated rings. The number of halogens is 3. The molecular formula is C18H22F3NO. The molecule has 2 aliphatic carbocycles. The zero-order valence-corrected chi connectivity index (χ0v) is 13.0. The van der Waals surface area contributed by atoms with Crippen LogP contribution in [0.25, 0.3) is 0 Å². The molecule has 2 saturated carbocycles. The van der Waals surface area contributed by atoms with E-state index in [0.717, 1.165) is 49.8 Å².